The Morgan fingerprint density at radius 3 is 2.48 bits per heavy atom. The van der Waals surface area contributed by atoms with Gasteiger partial charge in [0.15, 0.2) is 5.69 Å². The van der Waals surface area contributed by atoms with Crippen LogP contribution >= 0.6 is 0 Å². The highest BCUT2D eigenvalue weighted by Crippen LogP contribution is 2.28. The standard InChI is InChI=1S/C26H20N4O/c1-18-7-2-5-11-24(18)30-25(21-13-12-19-8-3-4-9-20(19)15-21)16-23(29-30)26(31)28-22-10-6-14-27-17-22/h2-17H,1H3,(H,28,31). The van der Waals surface area contributed by atoms with Crippen molar-refractivity contribution < 1.29 is 4.79 Å². The summed E-state index contributed by atoms with van der Waals surface area (Å²) in [4.78, 5) is 17.0. The monoisotopic (exact) mass is 404 g/mol. The third-order valence-electron chi connectivity index (χ3n) is 5.25. The number of anilines is 1. The predicted octanol–water partition coefficient (Wildman–Crippen LogP) is 5.65. The van der Waals surface area contributed by atoms with Gasteiger partial charge in [-0.25, -0.2) is 4.68 Å². The molecule has 5 aromatic rings. The second kappa shape index (κ2) is 7.88. The SMILES string of the molecule is Cc1ccccc1-n1nc(C(=O)Nc2cccnc2)cc1-c1ccc2ccccc2c1. The number of para-hydroxylation sites is 1. The molecule has 1 N–H and O–H groups in total. The number of aromatic nitrogens is 3. The molecule has 0 atom stereocenters. The number of benzene rings is 3. The molecule has 1 amide bonds. The molecule has 0 fully saturated rings. The Kier molecular flexibility index (Phi) is 4.77. The normalized spacial score (nSPS) is 10.9. The van der Waals surface area contributed by atoms with Gasteiger partial charge >= 0.3 is 0 Å². The minimum atomic E-state index is -0.276. The summed E-state index contributed by atoms with van der Waals surface area (Å²) in [5.41, 5.74) is 4.84. The van der Waals surface area contributed by atoms with E-state index in [1.807, 2.05) is 54.1 Å². The van der Waals surface area contributed by atoms with Gasteiger partial charge in [-0.05, 0) is 53.6 Å². The van der Waals surface area contributed by atoms with Crippen molar-refractivity contribution in [3.63, 3.8) is 0 Å². The molecule has 5 rings (SSSR count). The highest BCUT2D eigenvalue weighted by Gasteiger charge is 2.18. The Morgan fingerprint density at radius 2 is 1.68 bits per heavy atom. The Hall–Kier alpha value is -4.25. The number of hydrogen-bond donors (Lipinski definition) is 1. The molecule has 150 valence electrons. The number of carbonyl (C=O) groups is 1. The molecule has 5 nitrogen and oxygen atoms in total. The van der Waals surface area contributed by atoms with Gasteiger partial charge in [-0.2, -0.15) is 5.10 Å². The van der Waals surface area contributed by atoms with Crippen LogP contribution in [0, 0.1) is 6.92 Å². The van der Waals surface area contributed by atoms with Crippen LogP contribution in [0.3, 0.4) is 0 Å². The van der Waals surface area contributed by atoms with E-state index in [0.29, 0.717) is 11.4 Å². The molecule has 0 saturated heterocycles. The molecule has 31 heavy (non-hydrogen) atoms. The lowest BCUT2D eigenvalue weighted by Gasteiger charge is -2.11. The second-order valence-corrected chi connectivity index (χ2v) is 7.37. The summed E-state index contributed by atoms with van der Waals surface area (Å²) in [6.07, 6.45) is 3.28. The Bertz CT molecular complexity index is 1390. The Labute approximate surface area is 180 Å². The molecule has 0 radical (unpaired) electrons. The first-order valence-electron chi connectivity index (χ1n) is 10.1. The van der Waals surface area contributed by atoms with E-state index >= 15 is 0 Å². The van der Waals surface area contributed by atoms with E-state index in [4.69, 9.17) is 0 Å². The van der Waals surface area contributed by atoms with E-state index in [0.717, 1.165) is 27.9 Å². The highest BCUT2D eigenvalue weighted by molar-refractivity contribution is 6.03. The minimum Gasteiger partial charge on any atom is -0.319 e. The quantitative estimate of drug-likeness (QED) is 0.421. The summed E-state index contributed by atoms with van der Waals surface area (Å²) in [6, 6.07) is 27.9. The summed E-state index contributed by atoms with van der Waals surface area (Å²) in [7, 11) is 0. The van der Waals surface area contributed by atoms with Crippen molar-refractivity contribution in [2.24, 2.45) is 0 Å². The topological polar surface area (TPSA) is 59.8 Å². The summed E-state index contributed by atoms with van der Waals surface area (Å²) < 4.78 is 1.84. The molecule has 0 unspecified atom stereocenters. The summed E-state index contributed by atoms with van der Waals surface area (Å²) in [5, 5.41) is 9.85. The molecule has 0 aliphatic heterocycles. The molecule has 0 saturated carbocycles. The molecule has 2 aromatic heterocycles. The highest BCUT2D eigenvalue weighted by atomic mass is 16.2. The number of carbonyl (C=O) groups excluding carboxylic acids is 1. The zero-order chi connectivity index (χ0) is 21.2. The first-order valence-corrected chi connectivity index (χ1v) is 10.1. The van der Waals surface area contributed by atoms with Crippen molar-refractivity contribution in [1.29, 1.82) is 0 Å². The lowest BCUT2D eigenvalue weighted by atomic mass is 10.0. The summed E-state index contributed by atoms with van der Waals surface area (Å²) in [5.74, 6) is -0.276. The maximum atomic E-state index is 12.9. The third kappa shape index (κ3) is 3.69. The average molecular weight is 404 g/mol. The van der Waals surface area contributed by atoms with E-state index in [2.05, 4.69) is 45.7 Å². The fourth-order valence-corrected chi connectivity index (χ4v) is 3.66. The van der Waals surface area contributed by atoms with Crippen molar-refractivity contribution >= 4 is 22.4 Å². The largest absolute Gasteiger partial charge is 0.319 e. The number of rotatable bonds is 4. The lowest BCUT2D eigenvalue weighted by molar-refractivity contribution is 0.102. The Balaban J connectivity index is 1.63. The molecule has 3 aromatic carbocycles. The van der Waals surface area contributed by atoms with Gasteiger partial charge in [-0.3, -0.25) is 9.78 Å². The summed E-state index contributed by atoms with van der Waals surface area (Å²) in [6.45, 7) is 2.04. The van der Waals surface area contributed by atoms with Gasteiger partial charge in [0, 0.05) is 11.8 Å². The fourth-order valence-electron chi connectivity index (χ4n) is 3.66. The smallest absolute Gasteiger partial charge is 0.276 e. The molecular weight excluding hydrogens is 384 g/mol. The summed E-state index contributed by atoms with van der Waals surface area (Å²) >= 11 is 0. The van der Waals surface area contributed by atoms with Crippen LogP contribution in [0.1, 0.15) is 16.1 Å². The van der Waals surface area contributed by atoms with Crippen LogP contribution in [-0.2, 0) is 0 Å². The van der Waals surface area contributed by atoms with Crippen LogP contribution in [-0.4, -0.2) is 20.7 Å². The molecule has 0 bridgehead atoms. The van der Waals surface area contributed by atoms with Crippen LogP contribution in [0.25, 0.3) is 27.7 Å². The van der Waals surface area contributed by atoms with Crippen molar-refractivity contribution in [3.05, 3.63) is 109 Å². The van der Waals surface area contributed by atoms with Crippen LogP contribution in [0.4, 0.5) is 5.69 Å². The fraction of sp³-hybridized carbons (Fsp3) is 0.0385. The predicted molar refractivity (Wildman–Crippen MR) is 123 cm³/mol. The van der Waals surface area contributed by atoms with Gasteiger partial charge in [0.1, 0.15) is 0 Å². The number of nitrogens with zero attached hydrogens (tertiary/aromatic N) is 3. The zero-order valence-corrected chi connectivity index (χ0v) is 17.0. The molecule has 2 heterocycles. The number of fused-ring (bicyclic) bond motifs is 1. The zero-order valence-electron chi connectivity index (χ0n) is 17.0. The number of amides is 1. The first-order chi connectivity index (χ1) is 15.2. The maximum absolute atomic E-state index is 12.9. The van der Waals surface area contributed by atoms with Crippen molar-refractivity contribution in [2.45, 2.75) is 6.92 Å². The molecular formula is C26H20N4O. The van der Waals surface area contributed by atoms with Crippen LogP contribution in [0.15, 0.2) is 97.3 Å². The number of hydrogen-bond acceptors (Lipinski definition) is 3. The number of nitrogens with one attached hydrogen (secondary N) is 1. The van der Waals surface area contributed by atoms with E-state index in [1.165, 1.54) is 5.39 Å². The molecule has 5 heteroatoms. The third-order valence-corrected chi connectivity index (χ3v) is 5.25. The second-order valence-electron chi connectivity index (χ2n) is 7.37. The van der Waals surface area contributed by atoms with Crippen molar-refractivity contribution in [3.8, 4) is 16.9 Å². The Morgan fingerprint density at radius 1 is 0.871 bits per heavy atom. The maximum Gasteiger partial charge on any atom is 0.276 e. The average Bonchev–Trinajstić information content (AvgIpc) is 3.25. The van der Waals surface area contributed by atoms with Gasteiger partial charge < -0.3 is 5.32 Å². The lowest BCUT2D eigenvalue weighted by Crippen LogP contribution is -2.13. The van der Waals surface area contributed by atoms with Crippen LogP contribution in [0.5, 0.6) is 0 Å². The molecule has 0 aliphatic carbocycles. The van der Waals surface area contributed by atoms with Gasteiger partial charge in [0.05, 0.1) is 23.3 Å². The van der Waals surface area contributed by atoms with Crippen molar-refractivity contribution in [1.82, 2.24) is 14.8 Å². The molecule has 0 aliphatic rings. The van der Waals surface area contributed by atoms with Crippen molar-refractivity contribution in [2.75, 3.05) is 5.32 Å². The first kappa shape index (κ1) is 18.8. The molecule has 0 spiro atoms. The van der Waals surface area contributed by atoms with Crippen LogP contribution in [0.2, 0.25) is 0 Å². The van der Waals surface area contributed by atoms with E-state index < -0.39 is 0 Å². The number of aryl methyl sites for hydroxylation is 1. The van der Waals surface area contributed by atoms with Crippen LogP contribution < -0.4 is 5.32 Å². The van der Waals surface area contributed by atoms with E-state index in [9.17, 15) is 4.79 Å². The van der Waals surface area contributed by atoms with Gasteiger partial charge in [-0.1, -0.05) is 54.6 Å². The van der Waals surface area contributed by atoms with Gasteiger partial charge in [0.25, 0.3) is 5.91 Å². The van der Waals surface area contributed by atoms with E-state index in [1.54, 1.807) is 24.5 Å². The number of pyridine rings is 1. The van der Waals surface area contributed by atoms with E-state index in [-0.39, 0.29) is 5.91 Å². The minimum absolute atomic E-state index is 0.276. The van der Waals surface area contributed by atoms with Gasteiger partial charge in [-0.15, -0.1) is 0 Å². The van der Waals surface area contributed by atoms with Gasteiger partial charge in [0.2, 0.25) is 0 Å².